The first-order valence-electron chi connectivity index (χ1n) is 6.16. The highest BCUT2D eigenvalue weighted by Crippen LogP contribution is 2.07. The maximum absolute atomic E-state index is 11.4. The van der Waals surface area contributed by atoms with E-state index in [0.29, 0.717) is 5.75 Å². The fraction of sp³-hybridized carbons (Fsp3) is 0.308. The zero-order chi connectivity index (χ0) is 15.7. The lowest BCUT2D eigenvalue weighted by molar-refractivity contribution is -0.145. The number of carbonyl (C=O) groups excluding carboxylic acids is 1. The molecule has 2 amide bonds. The lowest BCUT2D eigenvalue weighted by atomic mass is 10.2. The number of nitrogens with one attached hydrogen (secondary N) is 2. The molecule has 0 aromatic heterocycles. The van der Waals surface area contributed by atoms with Gasteiger partial charge in [-0.05, 0) is 12.1 Å². The SMILES string of the molecule is O=C(O)C[C@@H](NC(=O)NCCOc1ccccc1)C(=O)O. The normalized spacial score (nSPS) is 11.2. The molecule has 0 spiro atoms. The second kappa shape index (κ2) is 8.41. The first-order valence-corrected chi connectivity index (χ1v) is 6.16. The van der Waals surface area contributed by atoms with Gasteiger partial charge >= 0.3 is 18.0 Å². The van der Waals surface area contributed by atoms with Crippen molar-refractivity contribution in [3.63, 3.8) is 0 Å². The van der Waals surface area contributed by atoms with Gasteiger partial charge in [-0.3, -0.25) is 4.79 Å². The molecule has 8 nitrogen and oxygen atoms in total. The number of benzene rings is 1. The Hall–Kier alpha value is -2.77. The third-order valence-corrected chi connectivity index (χ3v) is 2.38. The fourth-order valence-corrected chi connectivity index (χ4v) is 1.43. The van der Waals surface area contributed by atoms with Crippen LogP contribution in [0, 0.1) is 0 Å². The number of ether oxygens (including phenoxy) is 1. The minimum Gasteiger partial charge on any atom is -0.492 e. The van der Waals surface area contributed by atoms with Crippen molar-refractivity contribution in [2.75, 3.05) is 13.2 Å². The Morgan fingerprint density at radius 2 is 1.81 bits per heavy atom. The lowest BCUT2D eigenvalue weighted by Gasteiger charge is -2.13. The molecule has 0 bridgehead atoms. The highest BCUT2D eigenvalue weighted by Gasteiger charge is 2.22. The molecule has 21 heavy (non-hydrogen) atoms. The molecule has 1 aromatic rings. The second-order valence-electron chi connectivity index (χ2n) is 4.05. The van der Waals surface area contributed by atoms with Gasteiger partial charge in [0.05, 0.1) is 13.0 Å². The van der Waals surface area contributed by atoms with Crippen molar-refractivity contribution in [2.24, 2.45) is 0 Å². The summed E-state index contributed by atoms with van der Waals surface area (Å²) in [5.41, 5.74) is 0. The molecular formula is C13H16N2O6. The van der Waals surface area contributed by atoms with E-state index in [0.717, 1.165) is 0 Å². The molecule has 4 N–H and O–H groups in total. The van der Waals surface area contributed by atoms with Crippen molar-refractivity contribution in [1.82, 2.24) is 10.6 Å². The van der Waals surface area contributed by atoms with Crippen LogP contribution < -0.4 is 15.4 Å². The van der Waals surface area contributed by atoms with Crippen molar-refractivity contribution in [1.29, 1.82) is 0 Å². The van der Waals surface area contributed by atoms with Crippen LogP contribution in [0.5, 0.6) is 5.75 Å². The third-order valence-electron chi connectivity index (χ3n) is 2.38. The van der Waals surface area contributed by atoms with Gasteiger partial charge < -0.3 is 25.6 Å². The van der Waals surface area contributed by atoms with Crippen molar-refractivity contribution in [2.45, 2.75) is 12.5 Å². The monoisotopic (exact) mass is 296 g/mol. The van der Waals surface area contributed by atoms with Crippen molar-refractivity contribution >= 4 is 18.0 Å². The summed E-state index contributed by atoms with van der Waals surface area (Å²) in [5, 5.41) is 21.7. The van der Waals surface area contributed by atoms with Gasteiger partial charge in [-0.2, -0.15) is 0 Å². The second-order valence-corrected chi connectivity index (χ2v) is 4.05. The van der Waals surface area contributed by atoms with Gasteiger partial charge in [-0.1, -0.05) is 18.2 Å². The minimum atomic E-state index is -1.47. The number of rotatable bonds is 8. The zero-order valence-corrected chi connectivity index (χ0v) is 11.1. The zero-order valence-electron chi connectivity index (χ0n) is 11.1. The number of hydrogen-bond donors (Lipinski definition) is 4. The summed E-state index contributed by atoms with van der Waals surface area (Å²) in [6.45, 7) is 0.355. The summed E-state index contributed by atoms with van der Waals surface area (Å²) in [6.07, 6.45) is -0.691. The highest BCUT2D eigenvalue weighted by atomic mass is 16.5. The Morgan fingerprint density at radius 1 is 1.14 bits per heavy atom. The Morgan fingerprint density at radius 3 is 2.38 bits per heavy atom. The molecule has 0 saturated heterocycles. The van der Waals surface area contributed by atoms with E-state index < -0.39 is 30.4 Å². The molecule has 114 valence electrons. The Labute approximate surface area is 120 Å². The van der Waals surface area contributed by atoms with Crippen LogP contribution in [0.15, 0.2) is 30.3 Å². The molecule has 0 aliphatic heterocycles. The number of carbonyl (C=O) groups is 3. The van der Waals surface area contributed by atoms with Gasteiger partial charge in [0.15, 0.2) is 0 Å². The minimum absolute atomic E-state index is 0.153. The summed E-state index contributed by atoms with van der Waals surface area (Å²) in [7, 11) is 0. The molecule has 0 heterocycles. The predicted molar refractivity (Wildman–Crippen MR) is 72.1 cm³/mol. The van der Waals surface area contributed by atoms with E-state index in [1.165, 1.54) is 0 Å². The summed E-state index contributed by atoms with van der Waals surface area (Å²) in [5.74, 6) is -2.07. The van der Waals surface area contributed by atoms with Crippen molar-refractivity contribution in [3.05, 3.63) is 30.3 Å². The van der Waals surface area contributed by atoms with E-state index >= 15 is 0 Å². The maximum atomic E-state index is 11.4. The van der Waals surface area contributed by atoms with E-state index in [1.807, 2.05) is 6.07 Å². The van der Waals surface area contributed by atoms with Gasteiger partial charge in [-0.25, -0.2) is 9.59 Å². The fourth-order valence-electron chi connectivity index (χ4n) is 1.43. The molecule has 1 aromatic carbocycles. The quantitative estimate of drug-likeness (QED) is 0.511. The van der Waals surface area contributed by atoms with Crippen LogP contribution in [-0.4, -0.2) is 47.4 Å². The standard InChI is InChI=1S/C13H16N2O6/c16-11(17)8-10(12(18)19)15-13(20)14-6-7-21-9-4-2-1-3-5-9/h1-5,10H,6-8H2,(H,16,17)(H,18,19)(H2,14,15,20)/t10-/m1/s1. The van der Waals surface area contributed by atoms with Gasteiger partial charge in [0.25, 0.3) is 0 Å². The number of amides is 2. The van der Waals surface area contributed by atoms with Crippen LogP contribution in [0.4, 0.5) is 4.79 Å². The smallest absolute Gasteiger partial charge is 0.326 e. The Kier molecular flexibility index (Phi) is 6.52. The van der Waals surface area contributed by atoms with E-state index in [-0.39, 0.29) is 13.2 Å². The first kappa shape index (κ1) is 16.3. The molecule has 0 fully saturated rings. The van der Waals surface area contributed by atoms with E-state index in [2.05, 4.69) is 10.6 Å². The molecule has 1 rings (SSSR count). The molecule has 0 radical (unpaired) electrons. The number of aliphatic carboxylic acids is 2. The van der Waals surface area contributed by atoms with Gasteiger partial charge in [0.2, 0.25) is 0 Å². The van der Waals surface area contributed by atoms with E-state index in [1.54, 1.807) is 24.3 Å². The summed E-state index contributed by atoms with van der Waals surface area (Å²) < 4.78 is 5.32. The number of carboxylic acids is 2. The van der Waals surface area contributed by atoms with Crippen LogP contribution in [0.2, 0.25) is 0 Å². The number of carboxylic acid groups (broad SMARTS) is 2. The van der Waals surface area contributed by atoms with Crippen LogP contribution >= 0.6 is 0 Å². The Bertz CT molecular complexity index is 491. The number of urea groups is 1. The average molecular weight is 296 g/mol. The summed E-state index contributed by atoms with van der Waals surface area (Å²) >= 11 is 0. The largest absolute Gasteiger partial charge is 0.492 e. The maximum Gasteiger partial charge on any atom is 0.326 e. The van der Waals surface area contributed by atoms with Crippen LogP contribution in [0.1, 0.15) is 6.42 Å². The number of hydrogen-bond acceptors (Lipinski definition) is 4. The number of para-hydroxylation sites is 1. The molecule has 0 saturated carbocycles. The van der Waals surface area contributed by atoms with Crippen molar-refractivity contribution in [3.8, 4) is 5.75 Å². The molecule has 0 unspecified atom stereocenters. The topological polar surface area (TPSA) is 125 Å². The third kappa shape index (κ3) is 6.81. The highest BCUT2D eigenvalue weighted by molar-refractivity contribution is 5.86. The van der Waals surface area contributed by atoms with Crippen LogP contribution in [0.25, 0.3) is 0 Å². The van der Waals surface area contributed by atoms with E-state index in [4.69, 9.17) is 14.9 Å². The molecule has 8 heteroatoms. The average Bonchev–Trinajstić information content (AvgIpc) is 2.43. The van der Waals surface area contributed by atoms with Gasteiger partial charge in [0, 0.05) is 0 Å². The van der Waals surface area contributed by atoms with Gasteiger partial charge in [0.1, 0.15) is 18.4 Å². The molecule has 1 atom stereocenters. The van der Waals surface area contributed by atoms with Crippen LogP contribution in [0.3, 0.4) is 0 Å². The molecular weight excluding hydrogens is 280 g/mol. The van der Waals surface area contributed by atoms with Gasteiger partial charge in [-0.15, -0.1) is 0 Å². The predicted octanol–water partition coefficient (Wildman–Crippen LogP) is 0.292. The lowest BCUT2D eigenvalue weighted by Crippen LogP contribution is -2.47. The first-order chi connectivity index (χ1) is 9.99. The Balaban J connectivity index is 2.26. The van der Waals surface area contributed by atoms with E-state index in [9.17, 15) is 14.4 Å². The summed E-state index contributed by atoms with van der Waals surface area (Å²) in [4.78, 5) is 32.6. The summed E-state index contributed by atoms with van der Waals surface area (Å²) in [6, 6.07) is 6.73. The molecule has 0 aliphatic rings. The van der Waals surface area contributed by atoms with Crippen LogP contribution in [-0.2, 0) is 9.59 Å². The molecule has 0 aliphatic carbocycles. The van der Waals surface area contributed by atoms with Crippen molar-refractivity contribution < 1.29 is 29.3 Å².